The van der Waals surface area contributed by atoms with E-state index in [0.717, 1.165) is 5.56 Å². The molecule has 0 unspecified atom stereocenters. The summed E-state index contributed by atoms with van der Waals surface area (Å²) in [7, 11) is 0. The molecular weight excluding hydrogens is 406 g/mol. The van der Waals surface area contributed by atoms with E-state index in [-0.39, 0.29) is 11.7 Å². The van der Waals surface area contributed by atoms with Gasteiger partial charge in [-0.1, -0.05) is 6.07 Å². The number of nitro benzene ring substituents is 1. The second kappa shape index (κ2) is 6.50. The van der Waals surface area contributed by atoms with Crippen LogP contribution >= 0.6 is 31.9 Å². The van der Waals surface area contributed by atoms with Crippen molar-refractivity contribution in [1.29, 1.82) is 0 Å². The largest absolute Gasteiger partial charge is 0.436 e. The van der Waals surface area contributed by atoms with Gasteiger partial charge in [0.2, 0.25) is 5.88 Å². The highest BCUT2D eigenvalue weighted by Gasteiger charge is 2.18. The highest BCUT2D eigenvalue weighted by Crippen LogP contribution is 2.40. The minimum Gasteiger partial charge on any atom is -0.436 e. The fourth-order valence-electron chi connectivity index (χ4n) is 1.68. The number of aromatic nitrogens is 1. The van der Waals surface area contributed by atoms with Crippen molar-refractivity contribution < 1.29 is 9.66 Å². The number of non-ortho nitro benzene ring substituents is 1. The smallest absolute Gasteiger partial charge is 0.271 e. The maximum Gasteiger partial charge on any atom is 0.271 e. The number of nitrogens with two attached hydrogens (primary N) is 1. The first-order chi connectivity index (χ1) is 9.90. The number of pyridine rings is 1. The summed E-state index contributed by atoms with van der Waals surface area (Å²) in [6.07, 6.45) is 1.59. The second-order valence-corrected chi connectivity index (χ2v) is 5.99. The van der Waals surface area contributed by atoms with Gasteiger partial charge in [-0.3, -0.25) is 10.1 Å². The minimum atomic E-state index is -0.479. The van der Waals surface area contributed by atoms with E-state index in [1.807, 2.05) is 13.0 Å². The van der Waals surface area contributed by atoms with Crippen LogP contribution in [0.1, 0.15) is 18.5 Å². The molecule has 0 aliphatic carbocycles. The number of halogens is 2. The first-order valence-corrected chi connectivity index (χ1v) is 7.50. The van der Waals surface area contributed by atoms with Crippen molar-refractivity contribution in [1.82, 2.24) is 4.98 Å². The van der Waals surface area contributed by atoms with Gasteiger partial charge >= 0.3 is 0 Å². The van der Waals surface area contributed by atoms with Crippen LogP contribution in [0.25, 0.3) is 0 Å². The average Bonchev–Trinajstić information content (AvgIpc) is 2.42. The van der Waals surface area contributed by atoms with Crippen LogP contribution in [0.5, 0.6) is 11.6 Å². The predicted octanol–water partition coefficient (Wildman–Crippen LogP) is 4.33. The van der Waals surface area contributed by atoms with E-state index in [9.17, 15) is 10.1 Å². The minimum absolute atomic E-state index is 0.0467. The van der Waals surface area contributed by atoms with E-state index in [1.165, 1.54) is 12.1 Å². The summed E-state index contributed by atoms with van der Waals surface area (Å²) in [4.78, 5) is 14.5. The Kier molecular flexibility index (Phi) is 4.92. The Bertz CT molecular complexity index is 669. The van der Waals surface area contributed by atoms with Crippen LogP contribution in [0.2, 0.25) is 0 Å². The third kappa shape index (κ3) is 3.58. The van der Waals surface area contributed by atoms with Crippen LogP contribution in [-0.4, -0.2) is 9.91 Å². The van der Waals surface area contributed by atoms with Gasteiger partial charge in [-0.25, -0.2) is 4.98 Å². The maximum atomic E-state index is 10.8. The third-order valence-electron chi connectivity index (χ3n) is 2.68. The molecule has 2 rings (SSSR count). The molecule has 0 aliphatic heterocycles. The Morgan fingerprint density at radius 2 is 2.00 bits per heavy atom. The monoisotopic (exact) mass is 415 g/mol. The van der Waals surface area contributed by atoms with E-state index in [2.05, 4.69) is 36.8 Å². The Labute approximate surface area is 137 Å². The van der Waals surface area contributed by atoms with Gasteiger partial charge in [0, 0.05) is 29.9 Å². The van der Waals surface area contributed by atoms with Gasteiger partial charge in [-0.05, 0) is 44.8 Å². The maximum absolute atomic E-state index is 10.8. The lowest BCUT2D eigenvalue weighted by molar-refractivity contribution is -0.385. The summed E-state index contributed by atoms with van der Waals surface area (Å²) in [5.41, 5.74) is 6.57. The number of ether oxygens (including phenoxy) is 1. The summed E-state index contributed by atoms with van der Waals surface area (Å²) in [5, 5.41) is 10.8. The van der Waals surface area contributed by atoms with Crippen molar-refractivity contribution in [3.63, 3.8) is 0 Å². The molecule has 2 N–H and O–H groups in total. The molecule has 0 aliphatic rings. The molecule has 0 bridgehead atoms. The number of nitrogens with zero attached hydrogens (tertiary/aromatic N) is 2. The van der Waals surface area contributed by atoms with Crippen LogP contribution in [-0.2, 0) is 0 Å². The van der Waals surface area contributed by atoms with Crippen LogP contribution in [0.3, 0.4) is 0 Å². The lowest BCUT2D eigenvalue weighted by Gasteiger charge is -2.14. The first-order valence-electron chi connectivity index (χ1n) is 5.92. The third-order valence-corrected chi connectivity index (χ3v) is 3.86. The highest BCUT2D eigenvalue weighted by molar-refractivity contribution is 9.11. The van der Waals surface area contributed by atoms with Crippen LogP contribution in [0, 0.1) is 10.1 Å². The molecule has 110 valence electrons. The van der Waals surface area contributed by atoms with E-state index in [4.69, 9.17) is 10.5 Å². The van der Waals surface area contributed by atoms with Crippen LogP contribution < -0.4 is 10.5 Å². The van der Waals surface area contributed by atoms with Gasteiger partial charge in [0.05, 0.1) is 13.9 Å². The SMILES string of the molecule is C[C@H](N)c1cccnc1Oc1c(Br)cc([N+](=O)[O-])cc1Br. The predicted molar refractivity (Wildman–Crippen MR) is 85.4 cm³/mol. The van der Waals surface area contributed by atoms with Gasteiger partial charge < -0.3 is 10.5 Å². The van der Waals surface area contributed by atoms with Crippen molar-refractivity contribution in [3.8, 4) is 11.6 Å². The van der Waals surface area contributed by atoms with E-state index in [1.54, 1.807) is 12.3 Å². The van der Waals surface area contributed by atoms with E-state index in [0.29, 0.717) is 20.6 Å². The Hall–Kier alpha value is -1.51. The quantitative estimate of drug-likeness (QED) is 0.591. The molecule has 8 heteroatoms. The summed E-state index contributed by atoms with van der Waals surface area (Å²) in [6, 6.07) is 6.08. The van der Waals surface area contributed by atoms with Crippen molar-refractivity contribution in [2.75, 3.05) is 0 Å². The number of nitro groups is 1. The molecular formula is C13H11Br2N3O3. The van der Waals surface area contributed by atoms with Gasteiger partial charge in [-0.2, -0.15) is 0 Å². The number of benzene rings is 1. The van der Waals surface area contributed by atoms with Crippen molar-refractivity contribution >= 4 is 37.5 Å². The number of rotatable bonds is 4. The summed E-state index contributed by atoms with van der Waals surface area (Å²) in [5.74, 6) is 0.768. The zero-order valence-corrected chi connectivity index (χ0v) is 14.1. The molecule has 0 saturated heterocycles. The second-order valence-electron chi connectivity index (χ2n) is 4.28. The molecule has 6 nitrogen and oxygen atoms in total. The number of hydrogen-bond donors (Lipinski definition) is 1. The van der Waals surface area contributed by atoms with Gasteiger partial charge in [0.25, 0.3) is 5.69 Å². The fourth-order valence-corrected chi connectivity index (χ4v) is 3.01. The zero-order chi connectivity index (χ0) is 15.6. The summed E-state index contributed by atoms with van der Waals surface area (Å²) in [6.45, 7) is 1.82. The zero-order valence-electron chi connectivity index (χ0n) is 10.9. The Balaban J connectivity index is 2.43. The van der Waals surface area contributed by atoms with Crippen molar-refractivity contribution in [3.05, 3.63) is 55.1 Å². The highest BCUT2D eigenvalue weighted by atomic mass is 79.9. The van der Waals surface area contributed by atoms with Crippen molar-refractivity contribution in [2.24, 2.45) is 5.73 Å². The lowest BCUT2D eigenvalue weighted by Crippen LogP contribution is -2.07. The topological polar surface area (TPSA) is 91.3 Å². The van der Waals surface area contributed by atoms with Gasteiger partial charge in [0.15, 0.2) is 5.75 Å². The van der Waals surface area contributed by atoms with Gasteiger partial charge in [0.1, 0.15) is 0 Å². The Morgan fingerprint density at radius 1 is 1.38 bits per heavy atom. The van der Waals surface area contributed by atoms with Crippen molar-refractivity contribution in [2.45, 2.75) is 13.0 Å². The van der Waals surface area contributed by atoms with E-state index < -0.39 is 4.92 Å². The molecule has 0 fully saturated rings. The molecule has 1 aromatic carbocycles. The molecule has 0 amide bonds. The number of hydrogen-bond acceptors (Lipinski definition) is 5. The standard InChI is InChI=1S/C13H11Br2N3O3/c1-7(16)9-3-2-4-17-13(9)21-12-10(14)5-8(18(19)20)6-11(12)15/h2-7H,16H2,1H3/t7-/m0/s1. The fraction of sp³-hybridized carbons (Fsp3) is 0.154. The van der Waals surface area contributed by atoms with Crippen LogP contribution in [0.15, 0.2) is 39.4 Å². The summed E-state index contributed by atoms with van der Waals surface area (Å²) >= 11 is 6.53. The first kappa shape index (κ1) is 15.9. The van der Waals surface area contributed by atoms with Gasteiger partial charge in [-0.15, -0.1) is 0 Å². The molecule has 2 aromatic rings. The molecule has 21 heavy (non-hydrogen) atoms. The molecule has 1 atom stereocenters. The molecule has 0 spiro atoms. The van der Waals surface area contributed by atoms with Crippen LogP contribution in [0.4, 0.5) is 5.69 Å². The molecule has 1 aromatic heterocycles. The Morgan fingerprint density at radius 3 is 2.52 bits per heavy atom. The van der Waals surface area contributed by atoms with E-state index >= 15 is 0 Å². The summed E-state index contributed by atoms with van der Waals surface area (Å²) < 4.78 is 6.66. The normalized spacial score (nSPS) is 12.0. The molecule has 0 radical (unpaired) electrons. The molecule has 0 saturated carbocycles. The lowest BCUT2D eigenvalue weighted by atomic mass is 10.1. The average molecular weight is 417 g/mol. The molecule has 1 heterocycles.